The van der Waals surface area contributed by atoms with E-state index in [-0.39, 0.29) is 10.9 Å². The molecule has 4 aromatic rings. The largest absolute Gasteiger partial charge is 0.369 e. The molecule has 0 saturated carbocycles. The van der Waals surface area contributed by atoms with Gasteiger partial charge in [0.25, 0.3) is 10.0 Å². The van der Waals surface area contributed by atoms with Crippen LogP contribution in [0.2, 0.25) is 5.02 Å². The van der Waals surface area contributed by atoms with Gasteiger partial charge in [0.1, 0.15) is 0 Å². The molecule has 0 aliphatic rings. The van der Waals surface area contributed by atoms with Gasteiger partial charge >= 0.3 is 0 Å². The molecule has 9 heteroatoms. The first-order valence-electron chi connectivity index (χ1n) is 9.88. The van der Waals surface area contributed by atoms with Gasteiger partial charge in [0.05, 0.1) is 16.1 Å². The lowest BCUT2D eigenvalue weighted by Crippen LogP contribution is -2.22. The van der Waals surface area contributed by atoms with Gasteiger partial charge in [0.15, 0.2) is 0 Å². The maximum atomic E-state index is 13.4. The molecule has 166 valence electrons. The van der Waals surface area contributed by atoms with Crippen LogP contribution in [0.4, 0.5) is 0 Å². The van der Waals surface area contributed by atoms with Gasteiger partial charge in [-0.2, -0.15) is 0 Å². The molecule has 0 spiro atoms. The van der Waals surface area contributed by atoms with Crippen molar-refractivity contribution < 1.29 is 8.42 Å². The molecule has 33 heavy (non-hydrogen) atoms. The Morgan fingerprint density at radius 2 is 1.55 bits per heavy atom. The number of para-hydroxylation sites is 1. The molecule has 0 fully saturated rings. The number of nitrogens with two attached hydrogens (primary N) is 2. The molecule has 4 rings (SSSR count). The highest BCUT2D eigenvalue weighted by Crippen LogP contribution is 2.27. The summed E-state index contributed by atoms with van der Waals surface area (Å²) in [6, 6.07) is 22.7. The highest BCUT2D eigenvalue weighted by Gasteiger charge is 2.22. The lowest BCUT2D eigenvalue weighted by atomic mass is 10.1. The van der Waals surface area contributed by atoms with Gasteiger partial charge in [-0.15, -0.1) is 10.2 Å². The van der Waals surface area contributed by atoms with Gasteiger partial charge in [0.2, 0.25) is 5.96 Å². The third kappa shape index (κ3) is 4.67. The number of allylic oxidation sites excluding steroid dienone is 1. The normalized spacial score (nSPS) is 12.3. The summed E-state index contributed by atoms with van der Waals surface area (Å²) >= 11 is 6.27. The number of guanidine groups is 1. The van der Waals surface area contributed by atoms with E-state index in [1.54, 1.807) is 60.7 Å². The highest BCUT2D eigenvalue weighted by molar-refractivity contribution is 7.90. The van der Waals surface area contributed by atoms with E-state index in [9.17, 15) is 8.42 Å². The summed E-state index contributed by atoms with van der Waals surface area (Å²) < 4.78 is 28.0. The van der Waals surface area contributed by atoms with E-state index in [4.69, 9.17) is 23.1 Å². The van der Waals surface area contributed by atoms with Crippen molar-refractivity contribution in [1.82, 2.24) is 3.97 Å². The molecule has 0 aliphatic carbocycles. The number of aromatic nitrogens is 1. The third-order valence-corrected chi connectivity index (χ3v) is 6.89. The predicted octanol–water partition coefficient (Wildman–Crippen LogP) is 4.22. The van der Waals surface area contributed by atoms with Crippen molar-refractivity contribution in [3.63, 3.8) is 0 Å². The van der Waals surface area contributed by atoms with Gasteiger partial charge in [-0.25, -0.2) is 12.4 Å². The number of nitrogens with zero attached hydrogens (tertiary/aromatic N) is 3. The van der Waals surface area contributed by atoms with E-state index < -0.39 is 10.0 Å². The van der Waals surface area contributed by atoms with Crippen LogP contribution in [0.25, 0.3) is 17.0 Å². The van der Waals surface area contributed by atoms with Crippen LogP contribution in [0.3, 0.4) is 0 Å². The Morgan fingerprint density at radius 1 is 0.879 bits per heavy atom. The number of halogens is 1. The lowest BCUT2D eigenvalue weighted by Gasteiger charge is -2.07. The molecule has 0 radical (unpaired) electrons. The molecule has 3 aromatic carbocycles. The average Bonchev–Trinajstić information content (AvgIpc) is 3.21. The first-order valence-corrected chi connectivity index (χ1v) is 11.7. The highest BCUT2D eigenvalue weighted by atomic mass is 35.5. The summed E-state index contributed by atoms with van der Waals surface area (Å²) in [5.41, 5.74) is 13.1. The minimum absolute atomic E-state index is 0.173. The van der Waals surface area contributed by atoms with Crippen molar-refractivity contribution in [1.29, 1.82) is 0 Å². The van der Waals surface area contributed by atoms with E-state index in [1.165, 1.54) is 10.2 Å². The number of fused-ring (bicyclic) bond motifs is 1. The van der Waals surface area contributed by atoms with Crippen molar-refractivity contribution in [3.05, 3.63) is 107 Å². The molecule has 7 nitrogen and oxygen atoms in total. The van der Waals surface area contributed by atoms with Crippen LogP contribution in [-0.4, -0.2) is 24.1 Å². The minimum Gasteiger partial charge on any atom is -0.369 e. The fraction of sp³-hybridized carbons (Fsp3) is 0. The molecular weight excluding hydrogens is 458 g/mol. The summed E-state index contributed by atoms with van der Waals surface area (Å²) in [5, 5.41) is 9.19. The molecule has 1 aromatic heterocycles. The Kier molecular flexibility index (Phi) is 6.30. The fourth-order valence-corrected chi connectivity index (χ4v) is 4.92. The van der Waals surface area contributed by atoms with Crippen LogP contribution < -0.4 is 11.5 Å². The van der Waals surface area contributed by atoms with Crippen LogP contribution in [0, 0.1) is 0 Å². The molecule has 0 bridgehead atoms. The molecule has 0 aliphatic heterocycles. The fourth-order valence-electron chi connectivity index (χ4n) is 3.33. The maximum Gasteiger partial charge on any atom is 0.268 e. The van der Waals surface area contributed by atoms with Crippen LogP contribution in [0.15, 0.2) is 106 Å². The van der Waals surface area contributed by atoms with Crippen LogP contribution in [-0.2, 0) is 10.0 Å². The first-order chi connectivity index (χ1) is 15.9. The quantitative estimate of drug-likeness (QED) is 0.245. The van der Waals surface area contributed by atoms with Gasteiger partial charge in [-0.05, 0) is 35.9 Å². The molecular formula is C24H20ClN5O2S. The molecule has 0 atom stereocenters. The summed E-state index contributed by atoms with van der Waals surface area (Å²) in [6.07, 6.45) is 4.97. The third-order valence-electron chi connectivity index (χ3n) is 4.85. The van der Waals surface area contributed by atoms with E-state index in [2.05, 4.69) is 10.2 Å². The Morgan fingerprint density at radius 3 is 2.27 bits per heavy atom. The molecule has 1 heterocycles. The molecule has 4 N–H and O–H groups in total. The van der Waals surface area contributed by atoms with Gasteiger partial charge in [-0.3, -0.25) is 0 Å². The molecule has 0 amide bonds. The Balaban J connectivity index is 1.92. The first kappa shape index (κ1) is 22.3. The molecule has 0 saturated heterocycles. The van der Waals surface area contributed by atoms with Gasteiger partial charge in [-0.1, -0.05) is 72.3 Å². The second-order valence-corrected chi connectivity index (χ2v) is 9.26. The van der Waals surface area contributed by atoms with Crippen molar-refractivity contribution >= 4 is 50.3 Å². The van der Waals surface area contributed by atoms with Gasteiger partial charge < -0.3 is 11.5 Å². The Bertz CT molecular complexity index is 1500. The van der Waals surface area contributed by atoms with Crippen molar-refractivity contribution in [2.45, 2.75) is 4.90 Å². The van der Waals surface area contributed by atoms with Crippen molar-refractivity contribution in [2.75, 3.05) is 0 Å². The van der Waals surface area contributed by atoms with Crippen molar-refractivity contribution in [3.8, 4) is 0 Å². The van der Waals surface area contributed by atoms with Crippen LogP contribution in [0.5, 0.6) is 0 Å². The monoisotopic (exact) mass is 477 g/mol. The lowest BCUT2D eigenvalue weighted by molar-refractivity contribution is 0.589. The zero-order valence-electron chi connectivity index (χ0n) is 17.3. The topological polar surface area (TPSA) is 116 Å². The Hall–Kier alpha value is -3.88. The second-order valence-electron chi connectivity index (χ2n) is 7.04. The van der Waals surface area contributed by atoms with Crippen LogP contribution in [0.1, 0.15) is 11.1 Å². The minimum atomic E-state index is -3.85. The van der Waals surface area contributed by atoms with E-state index in [1.807, 2.05) is 30.3 Å². The predicted molar refractivity (Wildman–Crippen MR) is 134 cm³/mol. The van der Waals surface area contributed by atoms with E-state index in [0.29, 0.717) is 27.2 Å². The molecule has 0 unspecified atom stereocenters. The number of benzene rings is 3. The number of rotatable bonds is 6. The van der Waals surface area contributed by atoms with E-state index >= 15 is 0 Å². The average molecular weight is 478 g/mol. The number of hydrogen-bond donors (Lipinski definition) is 2. The SMILES string of the molecule is NC(N)=NN=C(C=Cc1ccccc1Cl)c1cn(S(=O)(=O)c2ccccc2)c2ccccc12. The zero-order valence-corrected chi connectivity index (χ0v) is 18.9. The number of hydrogen-bond acceptors (Lipinski definition) is 4. The maximum absolute atomic E-state index is 13.4. The standard InChI is InChI=1S/C24H20ClN5O2S/c25-21-12-6-4-8-17(21)14-15-22(28-29-24(26)27)20-16-30(23-13-7-5-11-19(20)23)33(31,32)18-9-2-1-3-10-18/h1-16H,(H4,26,27,29). The van der Waals surface area contributed by atoms with Crippen molar-refractivity contribution in [2.24, 2.45) is 21.7 Å². The summed E-state index contributed by atoms with van der Waals surface area (Å²) in [5.74, 6) is -0.223. The smallest absolute Gasteiger partial charge is 0.268 e. The Labute approximate surface area is 196 Å². The second kappa shape index (κ2) is 9.32. The summed E-state index contributed by atoms with van der Waals surface area (Å²) in [6.45, 7) is 0. The summed E-state index contributed by atoms with van der Waals surface area (Å²) in [4.78, 5) is 0.173. The summed E-state index contributed by atoms with van der Waals surface area (Å²) in [7, 11) is -3.85. The van der Waals surface area contributed by atoms with E-state index in [0.717, 1.165) is 5.56 Å². The van der Waals surface area contributed by atoms with Crippen LogP contribution >= 0.6 is 11.6 Å². The zero-order chi connectivity index (χ0) is 23.4. The van der Waals surface area contributed by atoms with Gasteiger partial charge in [0, 0.05) is 22.2 Å².